The number of fused-ring (bicyclic) bond motifs is 2. The number of carbonyl (C=O) groups excluding carboxylic acids is 1. The van der Waals surface area contributed by atoms with Crippen molar-refractivity contribution in [2.75, 3.05) is 13.7 Å². The topological polar surface area (TPSA) is 63.8 Å². The normalized spacial score (nSPS) is 30.6. The molecular weight excluding hydrogens is 324 g/mol. The molecule has 2 aliphatic rings. The maximum Gasteiger partial charge on any atom is 0.254 e. The van der Waals surface area contributed by atoms with Crippen LogP contribution in [0.5, 0.6) is 0 Å². The lowest BCUT2D eigenvalue weighted by Crippen LogP contribution is -2.43. The van der Waals surface area contributed by atoms with Crippen LogP contribution < -0.4 is 4.80 Å². The monoisotopic (exact) mass is 352 g/mol. The van der Waals surface area contributed by atoms with Crippen LogP contribution in [0.3, 0.4) is 0 Å². The van der Waals surface area contributed by atoms with Crippen molar-refractivity contribution in [3.05, 3.63) is 15.4 Å². The largest absolute Gasteiger partial charge is 0.392 e. The molecule has 0 aromatic carbocycles. The number of thiazole rings is 1. The Morgan fingerprint density at radius 2 is 2.17 bits per heavy atom. The zero-order chi connectivity index (χ0) is 17.3. The quantitative estimate of drug-likeness (QED) is 0.905. The second kappa shape index (κ2) is 7.50. The van der Waals surface area contributed by atoms with Gasteiger partial charge in [0.1, 0.15) is 0 Å². The first-order valence-electron chi connectivity index (χ1n) is 8.93. The van der Waals surface area contributed by atoms with Crippen LogP contribution in [0, 0.1) is 31.6 Å². The third kappa shape index (κ3) is 3.51. The van der Waals surface area contributed by atoms with E-state index >= 15 is 0 Å². The van der Waals surface area contributed by atoms with Gasteiger partial charge in [0.05, 0.1) is 18.6 Å². The highest BCUT2D eigenvalue weighted by molar-refractivity contribution is 7.09. The summed E-state index contributed by atoms with van der Waals surface area (Å²) in [7, 11) is 1.67. The smallest absolute Gasteiger partial charge is 0.254 e. The van der Waals surface area contributed by atoms with Gasteiger partial charge in [0.25, 0.3) is 5.91 Å². The summed E-state index contributed by atoms with van der Waals surface area (Å²) in [6.07, 6.45) is 4.78. The van der Waals surface area contributed by atoms with Crippen LogP contribution >= 0.6 is 11.3 Å². The fraction of sp³-hybridized carbons (Fsp3) is 0.778. The first kappa shape index (κ1) is 17.8. The van der Waals surface area contributed by atoms with E-state index in [1.807, 2.05) is 13.8 Å². The average molecular weight is 353 g/mol. The van der Waals surface area contributed by atoms with Crippen molar-refractivity contribution in [1.82, 2.24) is 4.57 Å². The molecule has 0 spiro atoms. The number of nitrogens with zero attached hydrogens (tertiary/aromatic N) is 2. The molecule has 24 heavy (non-hydrogen) atoms. The van der Waals surface area contributed by atoms with Crippen molar-refractivity contribution < 1.29 is 14.6 Å². The van der Waals surface area contributed by atoms with E-state index < -0.39 is 6.10 Å². The van der Waals surface area contributed by atoms with E-state index in [9.17, 15) is 9.90 Å². The number of carbonyl (C=O) groups is 1. The number of rotatable bonds is 4. The van der Waals surface area contributed by atoms with Crippen molar-refractivity contribution in [3.8, 4) is 0 Å². The Kier molecular flexibility index (Phi) is 5.57. The summed E-state index contributed by atoms with van der Waals surface area (Å²) >= 11 is 1.54. The highest BCUT2D eigenvalue weighted by atomic mass is 32.1. The molecule has 1 aromatic rings. The summed E-state index contributed by atoms with van der Waals surface area (Å²) in [4.78, 5) is 19.1. The Balaban J connectivity index is 1.85. The molecule has 134 valence electrons. The lowest BCUT2D eigenvalue weighted by molar-refractivity contribution is -0.131. The highest BCUT2D eigenvalue weighted by Gasteiger charge is 2.42. The van der Waals surface area contributed by atoms with E-state index in [0.717, 1.165) is 29.8 Å². The lowest BCUT2D eigenvalue weighted by Gasteiger charge is -2.41. The lowest BCUT2D eigenvalue weighted by atomic mass is 9.66. The molecule has 1 amide bonds. The SMILES string of the molecule is COCCn1c(C)c(C)sc1=NC(=O)C1CC2CCCC(C2)C1O. The first-order chi connectivity index (χ1) is 11.5. The van der Waals surface area contributed by atoms with Crippen LogP contribution in [0.4, 0.5) is 0 Å². The summed E-state index contributed by atoms with van der Waals surface area (Å²) in [6.45, 7) is 5.38. The van der Waals surface area contributed by atoms with Gasteiger partial charge in [-0.2, -0.15) is 4.99 Å². The first-order valence-corrected chi connectivity index (χ1v) is 9.75. The molecule has 2 aliphatic carbocycles. The average Bonchev–Trinajstić information content (AvgIpc) is 2.83. The number of aromatic nitrogens is 1. The Bertz CT molecular complexity index is 664. The summed E-state index contributed by atoms with van der Waals surface area (Å²) in [5.41, 5.74) is 1.13. The van der Waals surface area contributed by atoms with Gasteiger partial charge in [0.15, 0.2) is 4.80 Å². The number of hydrogen-bond donors (Lipinski definition) is 1. The molecule has 4 atom stereocenters. The Morgan fingerprint density at radius 1 is 1.38 bits per heavy atom. The molecule has 5 nitrogen and oxygen atoms in total. The number of methoxy groups -OCH3 is 1. The molecule has 0 radical (unpaired) electrons. The Labute approximate surface area is 147 Å². The van der Waals surface area contributed by atoms with Gasteiger partial charge in [0, 0.05) is 24.2 Å². The maximum absolute atomic E-state index is 12.8. The summed E-state index contributed by atoms with van der Waals surface area (Å²) in [5.74, 6) is 0.400. The predicted octanol–water partition coefficient (Wildman–Crippen LogP) is 2.43. The van der Waals surface area contributed by atoms with Crippen LogP contribution in [0.2, 0.25) is 0 Å². The van der Waals surface area contributed by atoms with Crippen LogP contribution in [-0.4, -0.2) is 35.4 Å². The fourth-order valence-corrected chi connectivity index (χ4v) is 5.24. The molecular formula is C18H28N2O3S. The second-order valence-corrected chi connectivity index (χ2v) is 8.43. The predicted molar refractivity (Wildman–Crippen MR) is 93.8 cm³/mol. The zero-order valence-electron chi connectivity index (χ0n) is 14.8. The third-order valence-electron chi connectivity index (χ3n) is 5.74. The van der Waals surface area contributed by atoms with Crippen LogP contribution in [0.15, 0.2) is 4.99 Å². The van der Waals surface area contributed by atoms with Crippen molar-refractivity contribution in [1.29, 1.82) is 0 Å². The number of ether oxygens (including phenoxy) is 1. The molecule has 2 bridgehead atoms. The van der Waals surface area contributed by atoms with Gasteiger partial charge < -0.3 is 14.4 Å². The van der Waals surface area contributed by atoms with Crippen LogP contribution in [0.25, 0.3) is 0 Å². The standard InChI is InChI=1S/C18H28N2O3S/c1-11-12(2)24-18(20(11)7-8-23-3)19-17(22)15-10-13-5-4-6-14(9-13)16(15)21/h13-16,21H,4-10H2,1-3H3. The van der Waals surface area contributed by atoms with Gasteiger partial charge in [-0.3, -0.25) is 4.79 Å². The molecule has 0 aliphatic heterocycles. The third-order valence-corrected chi connectivity index (χ3v) is 6.83. The molecule has 2 fully saturated rings. The molecule has 1 heterocycles. The number of aliphatic hydroxyl groups is 1. The maximum atomic E-state index is 12.8. The molecule has 4 unspecified atom stereocenters. The van der Waals surface area contributed by atoms with Crippen molar-refractivity contribution in [2.24, 2.45) is 22.7 Å². The molecule has 6 heteroatoms. The number of aliphatic hydroxyl groups excluding tert-OH is 1. The molecule has 2 saturated carbocycles. The Morgan fingerprint density at radius 3 is 2.92 bits per heavy atom. The van der Waals surface area contributed by atoms with Gasteiger partial charge >= 0.3 is 0 Å². The minimum Gasteiger partial charge on any atom is -0.392 e. The summed E-state index contributed by atoms with van der Waals surface area (Å²) < 4.78 is 7.22. The van der Waals surface area contributed by atoms with E-state index in [4.69, 9.17) is 4.74 Å². The minimum atomic E-state index is -0.521. The molecule has 0 saturated heterocycles. The van der Waals surface area contributed by atoms with Gasteiger partial charge in [-0.25, -0.2) is 0 Å². The summed E-state index contributed by atoms with van der Waals surface area (Å²) in [6, 6.07) is 0. The van der Waals surface area contributed by atoms with Gasteiger partial charge in [0.2, 0.25) is 0 Å². The van der Waals surface area contributed by atoms with Gasteiger partial charge in [-0.1, -0.05) is 12.8 Å². The minimum absolute atomic E-state index is 0.147. The second-order valence-electron chi connectivity index (χ2n) is 7.25. The molecule has 1 aromatic heterocycles. The van der Waals surface area contributed by atoms with Crippen LogP contribution in [0.1, 0.15) is 42.7 Å². The van der Waals surface area contributed by atoms with Gasteiger partial charge in [-0.05, 0) is 44.9 Å². The van der Waals surface area contributed by atoms with E-state index in [1.54, 1.807) is 18.4 Å². The van der Waals surface area contributed by atoms with E-state index in [2.05, 4.69) is 9.56 Å². The van der Waals surface area contributed by atoms with Crippen molar-refractivity contribution >= 4 is 17.2 Å². The number of hydrogen-bond acceptors (Lipinski definition) is 4. The van der Waals surface area contributed by atoms with Crippen molar-refractivity contribution in [3.63, 3.8) is 0 Å². The van der Waals surface area contributed by atoms with Crippen molar-refractivity contribution in [2.45, 2.75) is 58.6 Å². The van der Waals surface area contributed by atoms with Gasteiger partial charge in [-0.15, -0.1) is 11.3 Å². The van der Waals surface area contributed by atoms with Crippen LogP contribution in [-0.2, 0) is 16.1 Å². The van der Waals surface area contributed by atoms with E-state index in [-0.39, 0.29) is 17.7 Å². The van der Waals surface area contributed by atoms with E-state index in [1.165, 1.54) is 17.7 Å². The fourth-order valence-electron chi connectivity index (χ4n) is 4.24. The zero-order valence-corrected chi connectivity index (χ0v) is 15.6. The molecule has 1 N–H and O–H groups in total. The molecule has 3 rings (SSSR count). The Hall–Kier alpha value is -0.980. The highest BCUT2D eigenvalue weighted by Crippen LogP contribution is 2.43. The number of aryl methyl sites for hydroxylation is 1. The van der Waals surface area contributed by atoms with E-state index in [0.29, 0.717) is 19.1 Å². The summed E-state index contributed by atoms with van der Waals surface area (Å²) in [5, 5.41) is 10.6. The number of amides is 1.